The number of aliphatic hydroxyl groups is 2. The Morgan fingerprint density at radius 1 is 1.70 bits per heavy atom. The molecule has 10 heavy (non-hydrogen) atoms. The summed E-state index contributed by atoms with van der Waals surface area (Å²) in [6.45, 7) is -0.960. The van der Waals surface area contributed by atoms with Crippen LogP contribution < -0.4 is 0 Å². The number of aliphatic hydroxyl groups excluding tert-OH is 2. The van der Waals surface area contributed by atoms with Gasteiger partial charge in [-0.2, -0.15) is 4.89 Å². The van der Waals surface area contributed by atoms with Gasteiger partial charge in [0.05, 0.1) is 6.61 Å². The van der Waals surface area contributed by atoms with Crippen molar-refractivity contribution in [1.82, 2.24) is 0 Å². The van der Waals surface area contributed by atoms with E-state index < -0.39 is 24.4 Å². The van der Waals surface area contributed by atoms with E-state index in [2.05, 4.69) is 9.88 Å². The Kier molecular flexibility index (Phi) is 4.46. The molecule has 1 unspecified atom stereocenters. The van der Waals surface area contributed by atoms with Crippen LogP contribution in [0.5, 0.6) is 0 Å². The lowest BCUT2D eigenvalue weighted by molar-refractivity contribution is -0.851. The summed E-state index contributed by atoms with van der Waals surface area (Å²) in [5, 5.41) is 24.9. The molecular weight excluding hydrogens is 146 g/mol. The van der Waals surface area contributed by atoms with E-state index in [4.69, 9.17) is 10.2 Å². The van der Waals surface area contributed by atoms with Crippen LogP contribution >= 0.6 is 0 Å². The van der Waals surface area contributed by atoms with Gasteiger partial charge in [0.25, 0.3) is 0 Å². The highest BCUT2D eigenvalue weighted by molar-refractivity contribution is 4.45. The molecule has 7 nitrogen and oxygen atoms in total. The maximum atomic E-state index is 9.38. The molecule has 0 amide bonds. The molecule has 60 valence electrons. The highest BCUT2D eigenvalue weighted by Gasteiger charge is 2.03. The van der Waals surface area contributed by atoms with Crippen molar-refractivity contribution < 1.29 is 25.2 Å². The van der Waals surface area contributed by atoms with Gasteiger partial charge in [0.15, 0.2) is 0 Å². The molecule has 0 aromatic rings. The van der Waals surface area contributed by atoms with Crippen LogP contribution in [0.15, 0.2) is 0 Å². The maximum absolute atomic E-state index is 9.38. The lowest BCUT2D eigenvalue weighted by Gasteiger charge is -2.03. The van der Waals surface area contributed by atoms with E-state index in [1.807, 2.05) is 0 Å². The van der Waals surface area contributed by atoms with Gasteiger partial charge in [0.1, 0.15) is 12.7 Å². The van der Waals surface area contributed by atoms with Gasteiger partial charge in [-0.05, 0) is 0 Å². The summed E-state index contributed by atoms with van der Waals surface area (Å²) in [4.78, 5) is 16.6. The third-order valence-electron chi connectivity index (χ3n) is 0.585. The third-order valence-corrected chi connectivity index (χ3v) is 0.585. The average Bonchev–Trinajstić information content (AvgIpc) is 1.87. The fourth-order valence-electron chi connectivity index (χ4n) is 0.205. The summed E-state index contributed by atoms with van der Waals surface area (Å²) in [6, 6.07) is 0. The Balaban J connectivity index is 3.11. The van der Waals surface area contributed by atoms with E-state index in [0.717, 1.165) is 0 Å². The number of nitrogens with zero attached hydrogens (tertiary/aromatic N) is 1. The van der Waals surface area contributed by atoms with E-state index in [0.29, 0.717) is 0 Å². The van der Waals surface area contributed by atoms with Gasteiger partial charge < -0.3 is 10.2 Å². The van der Waals surface area contributed by atoms with Crippen LogP contribution in [0.3, 0.4) is 0 Å². The van der Waals surface area contributed by atoms with Crippen LogP contribution in [0.1, 0.15) is 0 Å². The van der Waals surface area contributed by atoms with Crippen molar-refractivity contribution in [3.63, 3.8) is 0 Å². The molecule has 0 aliphatic carbocycles. The first kappa shape index (κ1) is 9.08. The molecule has 1 atom stereocenters. The predicted octanol–water partition coefficient (Wildman–Crippen LogP) is -1.52. The van der Waals surface area contributed by atoms with Gasteiger partial charge in [-0.15, -0.1) is 15.1 Å². The SMILES string of the molecule is O=[N+]([O-])OOCC(O)CO. The first-order valence-electron chi connectivity index (χ1n) is 2.39. The number of hydrogen-bond donors (Lipinski definition) is 2. The maximum Gasteiger partial charge on any atom is 0.322 e. The Morgan fingerprint density at radius 2 is 2.30 bits per heavy atom. The lowest BCUT2D eigenvalue weighted by atomic mass is 10.4. The minimum atomic E-state index is -1.16. The molecule has 0 aromatic carbocycles. The van der Waals surface area contributed by atoms with Crippen LogP contribution in [0, 0.1) is 10.1 Å². The largest absolute Gasteiger partial charge is 0.394 e. The zero-order valence-electron chi connectivity index (χ0n) is 4.97. The predicted molar refractivity (Wildman–Crippen MR) is 27.1 cm³/mol. The quantitative estimate of drug-likeness (QED) is 0.282. The average molecular weight is 153 g/mol. The van der Waals surface area contributed by atoms with Crippen molar-refractivity contribution >= 4 is 0 Å². The second-order valence-corrected chi connectivity index (χ2v) is 1.42. The highest BCUT2D eigenvalue weighted by atomic mass is 17.3. The summed E-state index contributed by atoms with van der Waals surface area (Å²) in [5.41, 5.74) is 0. The second kappa shape index (κ2) is 4.91. The van der Waals surface area contributed by atoms with Crippen molar-refractivity contribution in [2.24, 2.45) is 0 Å². The highest BCUT2D eigenvalue weighted by Crippen LogP contribution is 1.84. The van der Waals surface area contributed by atoms with Gasteiger partial charge >= 0.3 is 5.09 Å². The summed E-state index contributed by atoms with van der Waals surface area (Å²) < 4.78 is 0. The Bertz CT molecular complexity index is 105. The molecule has 0 heterocycles. The molecule has 7 heteroatoms. The van der Waals surface area contributed by atoms with Crippen molar-refractivity contribution in [3.8, 4) is 0 Å². The van der Waals surface area contributed by atoms with Crippen molar-refractivity contribution in [3.05, 3.63) is 10.1 Å². The molecule has 0 saturated carbocycles. The first-order chi connectivity index (χ1) is 4.66. The smallest absolute Gasteiger partial charge is 0.322 e. The summed E-state index contributed by atoms with van der Waals surface area (Å²) in [7, 11) is 0. The Morgan fingerprint density at radius 3 is 2.70 bits per heavy atom. The van der Waals surface area contributed by atoms with Crippen molar-refractivity contribution in [2.45, 2.75) is 6.10 Å². The minimum absolute atomic E-state index is 0.433. The van der Waals surface area contributed by atoms with Crippen LogP contribution in [-0.4, -0.2) is 34.6 Å². The van der Waals surface area contributed by atoms with E-state index in [-0.39, 0.29) is 0 Å². The standard InChI is InChI=1S/C3H7NO6/c5-1-3(6)2-9-10-4(7)8/h3,5-6H,1-2H2. The molecule has 2 N–H and O–H groups in total. The van der Waals surface area contributed by atoms with Crippen LogP contribution in [0.4, 0.5) is 0 Å². The summed E-state index contributed by atoms with van der Waals surface area (Å²) >= 11 is 0. The van der Waals surface area contributed by atoms with Gasteiger partial charge in [-0.1, -0.05) is 0 Å². The molecule has 0 bridgehead atoms. The molecule has 0 spiro atoms. The fourth-order valence-corrected chi connectivity index (χ4v) is 0.205. The zero-order valence-corrected chi connectivity index (χ0v) is 4.97. The molecule has 0 aliphatic heterocycles. The van der Waals surface area contributed by atoms with Gasteiger partial charge in [0, 0.05) is 0 Å². The minimum Gasteiger partial charge on any atom is -0.394 e. The van der Waals surface area contributed by atoms with Gasteiger partial charge in [-0.3, -0.25) is 0 Å². The van der Waals surface area contributed by atoms with E-state index in [9.17, 15) is 10.1 Å². The Hall–Kier alpha value is -0.920. The summed E-state index contributed by atoms with van der Waals surface area (Å²) in [5.74, 6) is 0. The normalized spacial score (nSPS) is 12.6. The monoisotopic (exact) mass is 153 g/mol. The first-order valence-corrected chi connectivity index (χ1v) is 2.39. The molecule has 0 saturated heterocycles. The Labute approximate surface area is 55.8 Å². The van der Waals surface area contributed by atoms with Gasteiger partial charge in [0.2, 0.25) is 0 Å². The number of rotatable bonds is 5. The lowest BCUT2D eigenvalue weighted by Crippen LogP contribution is -2.20. The fraction of sp³-hybridized carbons (Fsp3) is 1.00. The molecule has 0 aliphatic rings. The van der Waals surface area contributed by atoms with E-state index >= 15 is 0 Å². The van der Waals surface area contributed by atoms with E-state index in [1.54, 1.807) is 0 Å². The van der Waals surface area contributed by atoms with E-state index in [1.165, 1.54) is 0 Å². The van der Waals surface area contributed by atoms with Crippen LogP contribution in [-0.2, 0) is 9.88 Å². The molecule has 0 fully saturated rings. The topological polar surface area (TPSA) is 102 Å². The molecule has 0 rings (SSSR count). The molecule has 0 radical (unpaired) electrons. The van der Waals surface area contributed by atoms with Crippen molar-refractivity contribution in [2.75, 3.05) is 13.2 Å². The van der Waals surface area contributed by atoms with Gasteiger partial charge in [-0.25, -0.2) is 0 Å². The second-order valence-electron chi connectivity index (χ2n) is 1.42. The third kappa shape index (κ3) is 5.22. The van der Waals surface area contributed by atoms with Crippen LogP contribution in [0.2, 0.25) is 0 Å². The summed E-state index contributed by atoms with van der Waals surface area (Å²) in [6.07, 6.45) is -1.15. The molecule has 0 aromatic heterocycles. The van der Waals surface area contributed by atoms with Crippen molar-refractivity contribution in [1.29, 1.82) is 0 Å². The zero-order chi connectivity index (χ0) is 7.98. The number of hydrogen-bond acceptors (Lipinski definition) is 6. The molecular formula is C3H7NO6. The van der Waals surface area contributed by atoms with Crippen LogP contribution in [0.25, 0.3) is 0 Å².